The SMILES string of the molecule is CN=C(NCc1cnc(N(C)C)n1C)NC1CC2(CCCC2)Oc2ccccc21. The third kappa shape index (κ3) is 3.91. The minimum absolute atomic E-state index is 0.0342. The van der Waals surface area contributed by atoms with E-state index in [1.165, 1.54) is 18.4 Å². The van der Waals surface area contributed by atoms with Gasteiger partial charge < -0.3 is 24.8 Å². The van der Waals surface area contributed by atoms with Crippen molar-refractivity contribution in [1.82, 2.24) is 20.2 Å². The summed E-state index contributed by atoms with van der Waals surface area (Å²) in [6.07, 6.45) is 7.64. The van der Waals surface area contributed by atoms with Gasteiger partial charge in [-0.25, -0.2) is 4.98 Å². The van der Waals surface area contributed by atoms with Gasteiger partial charge in [-0.2, -0.15) is 0 Å². The number of hydrogen-bond acceptors (Lipinski definition) is 4. The molecule has 0 radical (unpaired) electrons. The number of fused-ring (bicyclic) bond motifs is 1. The lowest BCUT2D eigenvalue weighted by molar-refractivity contribution is 0.0396. The average molecular weight is 397 g/mol. The predicted molar refractivity (Wildman–Crippen MR) is 116 cm³/mol. The maximum atomic E-state index is 6.48. The van der Waals surface area contributed by atoms with Crippen molar-refractivity contribution >= 4 is 11.9 Å². The highest BCUT2D eigenvalue weighted by atomic mass is 16.5. The molecule has 156 valence electrons. The fourth-order valence-corrected chi connectivity index (χ4v) is 4.62. The van der Waals surface area contributed by atoms with E-state index in [1.807, 2.05) is 39.3 Å². The van der Waals surface area contributed by atoms with Crippen molar-refractivity contribution in [2.45, 2.75) is 50.3 Å². The molecular formula is C22H32N6O. The topological polar surface area (TPSA) is 66.7 Å². The Morgan fingerprint density at radius 2 is 2.07 bits per heavy atom. The summed E-state index contributed by atoms with van der Waals surface area (Å²) in [5, 5.41) is 7.11. The highest BCUT2D eigenvalue weighted by molar-refractivity contribution is 5.80. The van der Waals surface area contributed by atoms with Crippen LogP contribution in [0.5, 0.6) is 5.75 Å². The molecule has 1 aromatic carbocycles. The van der Waals surface area contributed by atoms with Crippen LogP contribution in [-0.2, 0) is 13.6 Å². The average Bonchev–Trinajstić information content (AvgIpc) is 3.31. The van der Waals surface area contributed by atoms with Gasteiger partial charge in [0.05, 0.1) is 24.5 Å². The Balaban J connectivity index is 1.48. The van der Waals surface area contributed by atoms with Crippen LogP contribution in [0.25, 0.3) is 0 Å². The number of nitrogens with one attached hydrogen (secondary N) is 2. The fraction of sp³-hybridized carbons (Fsp3) is 0.545. The van der Waals surface area contributed by atoms with Crippen LogP contribution in [0.15, 0.2) is 35.5 Å². The molecule has 2 heterocycles. The van der Waals surface area contributed by atoms with Crippen LogP contribution in [0.2, 0.25) is 0 Å². The smallest absolute Gasteiger partial charge is 0.204 e. The van der Waals surface area contributed by atoms with Gasteiger partial charge in [0.25, 0.3) is 0 Å². The molecule has 1 aromatic heterocycles. The molecule has 1 spiro atoms. The minimum Gasteiger partial charge on any atom is -0.487 e. The number of hydrogen-bond donors (Lipinski definition) is 2. The number of benzene rings is 1. The van der Waals surface area contributed by atoms with Crippen molar-refractivity contribution in [3.8, 4) is 5.75 Å². The quantitative estimate of drug-likeness (QED) is 0.614. The van der Waals surface area contributed by atoms with Crippen LogP contribution in [-0.4, -0.2) is 42.3 Å². The number of ether oxygens (including phenoxy) is 1. The maximum absolute atomic E-state index is 6.48. The summed E-state index contributed by atoms with van der Waals surface area (Å²) in [6, 6.07) is 8.58. The molecule has 1 aliphatic heterocycles. The third-order valence-corrected chi connectivity index (χ3v) is 6.14. The second kappa shape index (κ2) is 7.97. The van der Waals surface area contributed by atoms with Gasteiger partial charge in [-0.15, -0.1) is 0 Å². The zero-order valence-corrected chi connectivity index (χ0v) is 17.9. The van der Waals surface area contributed by atoms with E-state index in [0.29, 0.717) is 6.54 Å². The molecule has 2 aliphatic rings. The number of anilines is 1. The number of aromatic nitrogens is 2. The van der Waals surface area contributed by atoms with E-state index in [4.69, 9.17) is 4.74 Å². The van der Waals surface area contributed by atoms with Gasteiger partial charge in [0.1, 0.15) is 11.4 Å². The predicted octanol–water partition coefficient (Wildman–Crippen LogP) is 2.99. The fourth-order valence-electron chi connectivity index (χ4n) is 4.62. The van der Waals surface area contributed by atoms with Gasteiger partial charge in [0, 0.05) is 40.2 Å². The summed E-state index contributed by atoms with van der Waals surface area (Å²) < 4.78 is 8.57. The summed E-state index contributed by atoms with van der Waals surface area (Å²) in [4.78, 5) is 11.0. The number of imidazole rings is 1. The molecule has 0 amide bonds. The Bertz CT molecular complexity index is 881. The minimum atomic E-state index is -0.0342. The Kier molecular flexibility index (Phi) is 5.39. The zero-order valence-electron chi connectivity index (χ0n) is 17.9. The summed E-state index contributed by atoms with van der Waals surface area (Å²) in [6.45, 7) is 0.660. The largest absolute Gasteiger partial charge is 0.487 e. The molecule has 29 heavy (non-hydrogen) atoms. The van der Waals surface area contributed by atoms with Crippen LogP contribution in [0.4, 0.5) is 5.95 Å². The Morgan fingerprint density at radius 3 is 2.76 bits per heavy atom. The van der Waals surface area contributed by atoms with E-state index < -0.39 is 0 Å². The summed E-state index contributed by atoms with van der Waals surface area (Å²) in [5.41, 5.74) is 2.28. The zero-order chi connectivity index (χ0) is 20.4. The number of aliphatic imine (C=N–C) groups is 1. The monoisotopic (exact) mass is 396 g/mol. The second-order valence-electron chi connectivity index (χ2n) is 8.36. The lowest BCUT2D eigenvalue weighted by Crippen LogP contribution is -2.46. The summed E-state index contributed by atoms with van der Waals surface area (Å²) >= 11 is 0. The summed E-state index contributed by atoms with van der Waals surface area (Å²) in [7, 11) is 7.86. The molecule has 1 saturated carbocycles. The molecule has 2 aromatic rings. The van der Waals surface area contributed by atoms with Crippen LogP contribution in [0.3, 0.4) is 0 Å². The van der Waals surface area contributed by atoms with Gasteiger partial charge in [0.15, 0.2) is 5.96 Å². The lowest BCUT2D eigenvalue weighted by atomic mass is 9.86. The van der Waals surface area contributed by atoms with Gasteiger partial charge >= 0.3 is 0 Å². The molecule has 1 aliphatic carbocycles. The van der Waals surface area contributed by atoms with Crippen molar-refractivity contribution in [1.29, 1.82) is 0 Å². The van der Waals surface area contributed by atoms with Crippen molar-refractivity contribution in [2.75, 3.05) is 26.0 Å². The molecular weight excluding hydrogens is 364 g/mol. The highest BCUT2D eigenvalue weighted by Crippen LogP contribution is 2.46. The molecule has 7 heteroatoms. The highest BCUT2D eigenvalue weighted by Gasteiger charge is 2.43. The number of nitrogens with zero attached hydrogens (tertiary/aromatic N) is 4. The van der Waals surface area contributed by atoms with Crippen molar-refractivity contribution in [3.05, 3.63) is 41.7 Å². The summed E-state index contributed by atoms with van der Waals surface area (Å²) in [5.74, 6) is 2.74. The normalized spacial score (nSPS) is 20.3. The standard InChI is InChI=1S/C22H32N6O/c1-23-20(24-14-16-15-25-21(27(2)3)28(16)4)26-18-13-22(11-7-8-12-22)29-19-10-6-5-9-17(18)19/h5-6,9-10,15,18H,7-8,11-14H2,1-4H3,(H2,23,24,26). The van der Waals surface area contributed by atoms with E-state index in [9.17, 15) is 0 Å². The van der Waals surface area contributed by atoms with E-state index in [0.717, 1.165) is 42.6 Å². The van der Waals surface area contributed by atoms with Crippen molar-refractivity contribution in [2.24, 2.45) is 12.0 Å². The third-order valence-electron chi connectivity index (χ3n) is 6.14. The second-order valence-corrected chi connectivity index (χ2v) is 8.36. The molecule has 0 saturated heterocycles. The molecule has 1 atom stereocenters. The van der Waals surface area contributed by atoms with E-state index in [2.05, 4.69) is 49.4 Å². The first-order valence-electron chi connectivity index (χ1n) is 10.4. The Labute approximate surface area is 173 Å². The van der Waals surface area contributed by atoms with Crippen molar-refractivity contribution in [3.63, 3.8) is 0 Å². The first kappa shape index (κ1) is 19.6. The number of para-hydroxylation sites is 1. The number of rotatable bonds is 4. The lowest BCUT2D eigenvalue weighted by Gasteiger charge is -2.40. The first-order valence-corrected chi connectivity index (χ1v) is 10.4. The first-order chi connectivity index (χ1) is 14.0. The van der Waals surface area contributed by atoms with Gasteiger partial charge in [0.2, 0.25) is 5.95 Å². The molecule has 2 N–H and O–H groups in total. The van der Waals surface area contributed by atoms with E-state index in [1.54, 1.807) is 0 Å². The molecule has 0 bridgehead atoms. The van der Waals surface area contributed by atoms with E-state index in [-0.39, 0.29) is 11.6 Å². The van der Waals surface area contributed by atoms with Crippen LogP contribution < -0.4 is 20.3 Å². The maximum Gasteiger partial charge on any atom is 0.204 e. The molecule has 1 fully saturated rings. The Hall–Kier alpha value is -2.70. The van der Waals surface area contributed by atoms with Crippen molar-refractivity contribution < 1.29 is 4.74 Å². The van der Waals surface area contributed by atoms with Crippen LogP contribution >= 0.6 is 0 Å². The molecule has 1 unspecified atom stereocenters. The molecule has 4 rings (SSSR count). The molecule has 7 nitrogen and oxygen atoms in total. The van der Waals surface area contributed by atoms with Gasteiger partial charge in [-0.3, -0.25) is 4.99 Å². The van der Waals surface area contributed by atoms with Gasteiger partial charge in [-0.05, 0) is 31.7 Å². The number of guanidine groups is 1. The van der Waals surface area contributed by atoms with Crippen LogP contribution in [0, 0.1) is 0 Å². The van der Waals surface area contributed by atoms with Gasteiger partial charge in [-0.1, -0.05) is 18.2 Å². The van der Waals surface area contributed by atoms with Crippen LogP contribution in [0.1, 0.15) is 49.4 Å². The van der Waals surface area contributed by atoms with E-state index >= 15 is 0 Å². The Morgan fingerprint density at radius 1 is 1.31 bits per heavy atom.